The molecule has 1 aliphatic heterocycles. The maximum absolute atomic E-state index is 2.29. The fourth-order valence-corrected chi connectivity index (χ4v) is 4.60. The number of rotatable bonds is 8. The quantitative estimate of drug-likeness (QED) is 0.502. The second kappa shape index (κ2) is 9.47. The molecule has 0 saturated heterocycles. The third-order valence-corrected chi connectivity index (χ3v) is 5.76. The Morgan fingerprint density at radius 1 is 0.750 bits per heavy atom. The molecule has 0 amide bonds. The molecular weight excluding hydrogens is 232 g/mol. The average molecular weight is 258 g/mol. The van der Waals surface area contributed by atoms with Gasteiger partial charge in [0, 0.05) is 11.5 Å². The molecule has 0 aromatic carbocycles. The monoisotopic (exact) mass is 258 g/mol. The molecule has 0 nitrogen and oxygen atoms in total. The highest BCUT2D eigenvalue weighted by atomic mass is 32.2. The van der Waals surface area contributed by atoms with Gasteiger partial charge in [-0.2, -0.15) is 0 Å². The summed E-state index contributed by atoms with van der Waals surface area (Å²) < 4.78 is 0. The van der Waals surface area contributed by atoms with Gasteiger partial charge in [0.25, 0.3) is 0 Å². The van der Waals surface area contributed by atoms with Gasteiger partial charge in [-0.05, 0) is 35.5 Å². The SMILES string of the molecule is CCCCCC1=C(CCCCC)SCCS1. The van der Waals surface area contributed by atoms with E-state index in [1.165, 1.54) is 62.9 Å². The van der Waals surface area contributed by atoms with Crippen molar-refractivity contribution >= 4 is 23.5 Å². The van der Waals surface area contributed by atoms with Gasteiger partial charge in [-0.15, -0.1) is 23.5 Å². The lowest BCUT2D eigenvalue weighted by Gasteiger charge is -2.19. The van der Waals surface area contributed by atoms with Gasteiger partial charge in [-0.25, -0.2) is 0 Å². The molecule has 0 atom stereocenters. The van der Waals surface area contributed by atoms with Gasteiger partial charge in [-0.3, -0.25) is 0 Å². The number of allylic oxidation sites excluding steroid dienone is 2. The molecule has 0 radical (unpaired) electrons. The van der Waals surface area contributed by atoms with Crippen molar-refractivity contribution in [3.05, 3.63) is 9.81 Å². The highest BCUT2D eigenvalue weighted by Gasteiger charge is 2.13. The predicted molar refractivity (Wildman–Crippen MR) is 80.2 cm³/mol. The van der Waals surface area contributed by atoms with Crippen LogP contribution in [0.3, 0.4) is 0 Å². The van der Waals surface area contributed by atoms with Crippen molar-refractivity contribution in [3.63, 3.8) is 0 Å². The van der Waals surface area contributed by atoms with E-state index in [2.05, 4.69) is 37.4 Å². The van der Waals surface area contributed by atoms with Crippen LogP contribution >= 0.6 is 23.5 Å². The van der Waals surface area contributed by atoms with E-state index in [0.717, 1.165) is 0 Å². The number of unbranched alkanes of at least 4 members (excludes halogenated alkanes) is 4. The minimum Gasteiger partial charge on any atom is -0.129 e. The summed E-state index contributed by atoms with van der Waals surface area (Å²) in [7, 11) is 0. The van der Waals surface area contributed by atoms with Crippen molar-refractivity contribution in [3.8, 4) is 0 Å². The molecule has 0 fully saturated rings. The molecule has 0 bridgehead atoms. The molecule has 0 aromatic rings. The average Bonchev–Trinajstić information content (AvgIpc) is 2.32. The summed E-state index contributed by atoms with van der Waals surface area (Å²) in [4.78, 5) is 3.47. The molecule has 0 unspecified atom stereocenters. The highest BCUT2D eigenvalue weighted by molar-refractivity contribution is 8.09. The van der Waals surface area contributed by atoms with Gasteiger partial charge in [0.15, 0.2) is 0 Å². The Kier molecular flexibility index (Phi) is 8.58. The molecule has 0 N–H and O–H groups in total. The van der Waals surface area contributed by atoms with Crippen LogP contribution in [0.2, 0.25) is 0 Å². The Balaban J connectivity index is 2.36. The van der Waals surface area contributed by atoms with Crippen LogP contribution in [0, 0.1) is 0 Å². The van der Waals surface area contributed by atoms with Gasteiger partial charge in [0.05, 0.1) is 0 Å². The summed E-state index contributed by atoms with van der Waals surface area (Å²) in [5, 5.41) is 0. The number of hydrogen-bond acceptors (Lipinski definition) is 2. The summed E-state index contributed by atoms with van der Waals surface area (Å²) >= 11 is 4.28. The van der Waals surface area contributed by atoms with E-state index in [4.69, 9.17) is 0 Å². The largest absolute Gasteiger partial charge is 0.129 e. The zero-order chi connectivity index (χ0) is 11.6. The first-order chi connectivity index (χ1) is 7.88. The van der Waals surface area contributed by atoms with Crippen molar-refractivity contribution in [1.82, 2.24) is 0 Å². The van der Waals surface area contributed by atoms with E-state index in [0.29, 0.717) is 0 Å². The zero-order valence-corrected chi connectivity index (χ0v) is 12.5. The maximum atomic E-state index is 2.29. The molecule has 94 valence electrons. The molecule has 0 aromatic heterocycles. The van der Waals surface area contributed by atoms with Gasteiger partial charge in [0.1, 0.15) is 0 Å². The van der Waals surface area contributed by atoms with E-state index >= 15 is 0 Å². The molecule has 0 saturated carbocycles. The van der Waals surface area contributed by atoms with Crippen LogP contribution in [0.5, 0.6) is 0 Å². The van der Waals surface area contributed by atoms with Crippen LogP contribution in [0.1, 0.15) is 65.2 Å². The van der Waals surface area contributed by atoms with Crippen LogP contribution in [0.25, 0.3) is 0 Å². The second-order valence-corrected chi connectivity index (χ2v) is 6.84. The maximum Gasteiger partial charge on any atom is 0.00715 e. The summed E-state index contributed by atoms with van der Waals surface area (Å²) in [6.07, 6.45) is 11.0. The lowest BCUT2D eigenvalue weighted by molar-refractivity contribution is 0.709. The van der Waals surface area contributed by atoms with E-state index in [-0.39, 0.29) is 0 Å². The Morgan fingerprint density at radius 2 is 1.19 bits per heavy atom. The first-order valence-corrected chi connectivity index (χ1v) is 8.83. The zero-order valence-electron chi connectivity index (χ0n) is 10.9. The first kappa shape index (κ1) is 14.5. The Hall–Kier alpha value is 0.440. The van der Waals surface area contributed by atoms with Crippen molar-refractivity contribution in [2.75, 3.05) is 11.5 Å². The molecule has 16 heavy (non-hydrogen) atoms. The first-order valence-electron chi connectivity index (χ1n) is 6.86. The number of hydrogen-bond donors (Lipinski definition) is 0. The normalized spacial score (nSPS) is 16.9. The van der Waals surface area contributed by atoms with E-state index in [1.54, 1.807) is 9.81 Å². The van der Waals surface area contributed by atoms with E-state index < -0.39 is 0 Å². The minimum atomic E-state index is 1.34. The topological polar surface area (TPSA) is 0 Å². The molecule has 2 heteroatoms. The van der Waals surface area contributed by atoms with Crippen LogP contribution in [0.15, 0.2) is 9.81 Å². The Bertz CT molecular complexity index is 187. The van der Waals surface area contributed by atoms with Crippen molar-refractivity contribution in [1.29, 1.82) is 0 Å². The fourth-order valence-electron chi connectivity index (χ4n) is 1.99. The van der Waals surface area contributed by atoms with Crippen LogP contribution in [-0.4, -0.2) is 11.5 Å². The summed E-state index contributed by atoms with van der Waals surface area (Å²) in [6.45, 7) is 4.58. The summed E-state index contributed by atoms with van der Waals surface area (Å²) in [5.74, 6) is 2.67. The van der Waals surface area contributed by atoms with E-state index in [1.807, 2.05) is 0 Å². The third kappa shape index (κ3) is 5.67. The molecule has 1 aliphatic rings. The fraction of sp³-hybridized carbons (Fsp3) is 0.857. The standard InChI is InChI=1S/C14H26S2/c1-3-5-7-9-13-14(10-8-6-4-2)16-12-11-15-13/h3-12H2,1-2H3. The predicted octanol–water partition coefficient (Wildman–Crippen LogP) is 5.84. The lowest BCUT2D eigenvalue weighted by atomic mass is 10.1. The van der Waals surface area contributed by atoms with Crippen LogP contribution in [-0.2, 0) is 0 Å². The number of thioether (sulfide) groups is 2. The van der Waals surface area contributed by atoms with Crippen LogP contribution < -0.4 is 0 Å². The smallest absolute Gasteiger partial charge is 0.00715 e. The van der Waals surface area contributed by atoms with Crippen molar-refractivity contribution in [2.24, 2.45) is 0 Å². The van der Waals surface area contributed by atoms with E-state index in [9.17, 15) is 0 Å². The molecule has 1 heterocycles. The van der Waals surface area contributed by atoms with Gasteiger partial charge < -0.3 is 0 Å². The summed E-state index contributed by atoms with van der Waals surface area (Å²) in [5.41, 5.74) is 0. The third-order valence-electron chi connectivity index (χ3n) is 2.96. The lowest BCUT2D eigenvalue weighted by Crippen LogP contribution is -1.98. The highest BCUT2D eigenvalue weighted by Crippen LogP contribution is 2.39. The van der Waals surface area contributed by atoms with Crippen LogP contribution in [0.4, 0.5) is 0 Å². The van der Waals surface area contributed by atoms with Gasteiger partial charge in [-0.1, -0.05) is 39.5 Å². The van der Waals surface area contributed by atoms with Crippen molar-refractivity contribution < 1.29 is 0 Å². The molecule has 0 aliphatic carbocycles. The Labute approximate surface area is 110 Å². The molecule has 1 rings (SSSR count). The Morgan fingerprint density at radius 3 is 1.56 bits per heavy atom. The van der Waals surface area contributed by atoms with Crippen molar-refractivity contribution in [2.45, 2.75) is 65.2 Å². The molecule has 0 spiro atoms. The summed E-state index contributed by atoms with van der Waals surface area (Å²) in [6, 6.07) is 0. The van der Waals surface area contributed by atoms with Gasteiger partial charge in [0.2, 0.25) is 0 Å². The van der Waals surface area contributed by atoms with Gasteiger partial charge >= 0.3 is 0 Å². The molecular formula is C14H26S2. The minimum absolute atomic E-state index is 1.34. The second-order valence-electron chi connectivity index (χ2n) is 4.46.